The van der Waals surface area contributed by atoms with Crippen LogP contribution in [0.3, 0.4) is 0 Å². The average molecular weight is 361 g/mol. The van der Waals surface area contributed by atoms with Gasteiger partial charge in [0.25, 0.3) is 11.1 Å². The highest BCUT2D eigenvalue weighted by Gasteiger charge is 2.28. The van der Waals surface area contributed by atoms with Crippen LogP contribution in [-0.2, 0) is 6.54 Å². The van der Waals surface area contributed by atoms with Gasteiger partial charge in [-0.3, -0.25) is 4.79 Å². The summed E-state index contributed by atoms with van der Waals surface area (Å²) in [5, 5.41) is 8.70. The Morgan fingerprint density at radius 1 is 1.32 bits per heavy atom. The van der Waals surface area contributed by atoms with Gasteiger partial charge in [-0.05, 0) is 32.8 Å². The van der Waals surface area contributed by atoms with Crippen LogP contribution in [-0.4, -0.2) is 39.4 Å². The molecule has 1 saturated carbocycles. The Balaban J connectivity index is 1.36. The molecular formula is C18H25N4O2S+. The van der Waals surface area contributed by atoms with Crippen molar-refractivity contribution in [3.8, 4) is 0 Å². The first-order valence-electron chi connectivity index (χ1n) is 9.12. The van der Waals surface area contributed by atoms with E-state index in [0.29, 0.717) is 22.9 Å². The van der Waals surface area contributed by atoms with Crippen molar-refractivity contribution in [2.24, 2.45) is 0 Å². The van der Waals surface area contributed by atoms with Gasteiger partial charge in [0.15, 0.2) is 12.3 Å². The third-order valence-electron chi connectivity index (χ3n) is 5.18. The van der Waals surface area contributed by atoms with Crippen LogP contribution in [0.2, 0.25) is 0 Å². The van der Waals surface area contributed by atoms with E-state index in [0.717, 1.165) is 17.8 Å². The average Bonchev–Trinajstić information content (AvgIpc) is 2.99. The second-order valence-corrected chi connectivity index (χ2v) is 8.12. The smallest absolute Gasteiger partial charge is 0.277 e. The molecule has 1 N–H and O–H groups in total. The van der Waals surface area contributed by atoms with Gasteiger partial charge in [-0.15, -0.1) is 10.2 Å². The first-order chi connectivity index (χ1) is 12.1. The van der Waals surface area contributed by atoms with Crippen molar-refractivity contribution in [1.82, 2.24) is 14.8 Å². The molecule has 1 aliphatic heterocycles. The maximum Gasteiger partial charge on any atom is 0.277 e. The summed E-state index contributed by atoms with van der Waals surface area (Å²) in [7, 11) is 0. The second kappa shape index (κ2) is 6.96. The molecule has 0 aromatic carbocycles. The van der Waals surface area contributed by atoms with Crippen LogP contribution in [0.25, 0.3) is 0 Å². The van der Waals surface area contributed by atoms with Crippen molar-refractivity contribution in [2.45, 2.75) is 57.3 Å². The van der Waals surface area contributed by atoms with Crippen molar-refractivity contribution in [2.75, 3.05) is 18.8 Å². The topological polar surface area (TPSA) is 65.4 Å². The highest BCUT2D eigenvalue weighted by molar-refractivity contribution is 7.99. The Morgan fingerprint density at radius 2 is 2.08 bits per heavy atom. The fraction of sp³-hybridized carbons (Fsp3) is 0.611. The molecule has 7 heteroatoms. The molecule has 0 bridgehead atoms. The molecule has 1 saturated heterocycles. The minimum Gasteiger partial charge on any atom is -0.410 e. The van der Waals surface area contributed by atoms with Crippen LogP contribution in [0.15, 0.2) is 15.7 Å². The number of aryl methyl sites for hydroxylation is 1. The van der Waals surface area contributed by atoms with E-state index in [4.69, 9.17) is 4.42 Å². The highest BCUT2D eigenvalue weighted by atomic mass is 32.2. The fourth-order valence-electron chi connectivity index (χ4n) is 3.79. The third-order valence-corrected chi connectivity index (χ3v) is 6.00. The molecule has 0 radical (unpaired) electrons. The Morgan fingerprint density at radius 3 is 2.80 bits per heavy atom. The van der Waals surface area contributed by atoms with Gasteiger partial charge in [0, 0.05) is 35.8 Å². The minimum absolute atomic E-state index is 0.134. The molecule has 0 amide bonds. The van der Waals surface area contributed by atoms with E-state index in [1.54, 1.807) is 0 Å². The zero-order chi connectivity index (χ0) is 17.4. The van der Waals surface area contributed by atoms with Gasteiger partial charge < -0.3 is 13.9 Å². The molecule has 1 aliphatic carbocycles. The third kappa shape index (κ3) is 3.67. The molecule has 2 aromatic rings. The molecule has 0 spiro atoms. The zero-order valence-corrected chi connectivity index (χ0v) is 15.7. The standard InChI is InChI=1S/C18H24N4O2S/c1-12-9-15(13(2)22(12)14-5-6-14)16(23)11-25-18-20-19-17(24-18)10-21-7-3-4-8-21/h9,14H,3-8,10-11H2,1-2H3/p+1. The first-order valence-corrected chi connectivity index (χ1v) is 10.1. The van der Waals surface area contributed by atoms with Crippen molar-refractivity contribution in [3.63, 3.8) is 0 Å². The van der Waals surface area contributed by atoms with E-state index < -0.39 is 0 Å². The maximum atomic E-state index is 12.6. The number of aromatic nitrogens is 3. The number of hydrogen-bond donors (Lipinski definition) is 1. The summed E-state index contributed by atoms with van der Waals surface area (Å²) < 4.78 is 8.01. The summed E-state index contributed by atoms with van der Waals surface area (Å²) in [5.41, 5.74) is 3.11. The number of nitrogens with zero attached hydrogens (tertiary/aromatic N) is 3. The predicted molar refractivity (Wildman–Crippen MR) is 95.2 cm³/mol. The predicted octanol–water partition coefficient (Wildman–Crippen LogP) is 1.98. The normalized spacial score (nSPS) is 18.2. The lowest BCUT2D eigenvalue weighted by molar-refractivity contribution is -0.902. The zero-order valence-electron chi connectivity index (χ0n) is 14.9. The molecule has 4 rings (SSSR count). The molecule has 0 atom stereocenters. The van der Waals surface area contributed by atoms with Gasteiger partial charge >= 0.3 is 0 Å². The number of likely N-dealkylation sites (tertiary alicyclic amines) is 1. The fourth-order valence-corrected chi connectivity index (χ4v) is 4.46. The van der Waals surface area contributed by atoms with E-state index in [9.17, 15) is 4.79 Å². The monoisotopic (exact) mass is 361 g/mol. The van der Waals surface area contributed by atoms with Gasteiger partial charge in [0.05, 0.1) is 18.8 Å². The maximum absolute atomic E-state index is 12.6. The molecule has 6 nitrogen and oxygen atoms in total. The molecular weight excluding hydrogens is 336 g/mol. The molecule has 134 valence electrons. The summed E-state index contributed by atoms with van der Waals surface area (Å²) in [4.78, 5) is 14.1. The van der Waals surface area contributed by atoms with E-state index >= 15 is 0 Å². The summed E-state index contributed by atoms with van der Waals surface area (Å²) in [5.74, 6) is 1.15. The number of carbonyl (C=O) groups is 1. The molecule has 25 heavy (non-hydrogen) atoms. The van der Waals surface area contributed by atoms with Gasteiger partial charge in [-0.25, -0.2) is 0 Å². The van der Waals surface area contributed by atoms with Crippen LogP contribution in [0.5, 0.6) is 0 Å². The lowest BCUT2D eigenvalue weighted by Crippen LogP contribution is -3.08. The van der Waals surface area contributed by atoms with Crippen LogP contribution >= 0.6 is 11.8 Å². The van der Waals surface area contributed by atoms with Crippen LogP contribution in [0, 0.1) is 13.8 Å². The van der Waals surface area contributed by atoms with Crippen molar-refractivity contribution in [3.05, 3.63) is 28.9 Å². The number of rotatable bonds is 7. The van der Waals surface area contributed by atoms with Gasteiger partial charge in [0.2, 0.25) is 0 Å². The van der Waals surface area contributed by atoms with Crippen LogP contribution in [0.4, 0.5) is 0 Å². The van der Waals surface area contributed by atoms with E-state index in [1.807, 2.05) is 13.0 Å². The molecule has 2 aromatic heterocycles. The van der Waals surface area contributed by atoms with Gasteiger partial charge in [-0.1, -0.05) is 11.8 Å². The Bertz CT molecular complexity index is 772. The van der Waals surface area contributed by atoms with E-state index in [1.165, 1.54) is 61.1 Å². The number of nitrogens with one attached hydrogen (secondary N) is 1. The highest BCUT2D eigenvalue weighted by Crippen LogP contribution is 2.38. The van der Waals surface area contributed by atoms with E-state index in [2.05, 4.69) is 21.7 Å². The number of carbonyl (C=O) groups excluding carboxylic acids is 1. The van der Waals surface area contributed by atoms with Crippen LogP contribution in [0.1, 0.15) is 59.4 Å². The molecule has 3 heterocycles. The van der Waals surface area contributed by atoms with Crippen molar-refractivity contribution in [1.29, 1.82) is 0 Å². The number of ketones is 1. The minimum atomic E-state index is 0.134. The SMILES string of the molecule is Cc1cc(C(=O)CSc2nnc(C[NH+]3CCCC3)o2)c(C)n1C1CC1. The van der Waals surface area contributed by atoms with E-state index in [-0.39, 0.29) is 5.78 Å². The lowest BCUT2D eigenvalue weighted by atomic mass is 10.2. The quantitative estimate of drug-likeness (QED) is 0.603. The summed E-state index contributed by atoms with van der Waals surface area (Å²) in [6, 6.07) is 2.62. The number of quaternary nitrogens is 1. The molecule has 2 fully saturated rings. The van der Waals surface area contributed by atoms with Crippen molar-refractivity contribution >= 4 is 17.5 Å². The van der Waals surface area contributed by atoms with Gasteiger partial charge in [0.1, 0.15) is 0 Å². The molecule has 0 unspecified atom stereocenters. The summed E-state index contributed by atoms with van der Waals surface area (Å²) in [6.07, 6.45) is 5.00. The number of thioether (sulfide) groups is 1. The van der Waals surface area contributed by atoms with Gasteiger partial charge in [-0.2, -0.15) is 0 Å². The summed E-state index contributed by atoms with van der Waals surface area (Å²) >= 11 is 1.34. The van der Waals surface area contributed by atoms with Crippen LogP contribution < -0.4 is 4.90 Å². The Kier molecular flexibility index (Phi) is 4.69. The second-order valence-electron chi connectivity index (χ2n) is 7.19. The lowest BCUT2D eigenvalue weighted by Gasteiger charge is -2.07. The molecule has 2 aliphatic rings. The number of Topliss-reactive ketones (excluding diaryl/α,β-unsaturated/α-hetero) is 1. The Labute approximate surface area is 152 Å². The summed E-state index contributed by atoms with van der Waals surface area (Å²) in [6.45, 7) is 7.29. The Hall–Kier alpha value is -1.60. The first kappa shape index (κ1) is 16.8. The van der Waals surface area contributed by atoms with Crippen molar-refractivity contribution < 1.29 is 14.1 Å². The largest absolute Gasteiger partial charge is 0.410 e. The number of hydrogen-bond acceptors (Lipinski definition) is 5.